The van der Waals surface area contributed by atoms with Crippen molar-refractivity contribution >= 4 is 8.32 Å². The lowest BCUT2D eigenvalue weighted by atomic mass is 10.0. The molecule has 154 valence electrons. The van der Waals surface area contributed by atoms with E-state index in [2.05, 4.69) is 59.7 Å². The van der Waals surface area contributed by atoms with E-state index in [-0.39, 0.29) is 0 Å². The van der Waals surface area contributed by atoms with Crippen molar-refractivity contribution in [2.75, 3.05) is 6.61 Å². The molecule has 0 aliphatic carbocycles. The van der Waals surface area contributed by atoms with E-state index in [1.807, 2.05) is 24.3 Å². The SMILES string of the molecule is CC(C)[Si](OCCCc1c(Cc2ccccc2)ccc[n+]1[O-])(C(C)C)C(C)C. The van der Waals surface area contributed by atoms with Crippen molar-refractivity contribution in [3.8, 4) is 0 Å². The number of pyridine rings is 1. The summed E-state index contributed by atoms with van der Waals surface area (Å²) in [6.07, 6.45) is 4.04. The third-order valence-corrected chi connectivity index (χ3v) is 12.1. The Kier molecular flexibility index (Phi) is 8.26. The van der Waals surface area contributed by atoms with Crippen molar-refractivity contribution in [2.45, 2.75) is 77.4 Å². The van der Waals surface area contributed by atoms with Crippen LogP contribution >= 0.6 is 0 Å². The van der Waals surface area contributed by atoms with Crippen molar-refractivity contribution in [3.63, 3.8) is 0 Å². The Balaban J connectivity index is 2.06. The average Bonchev–Trinajstić information content (AvgIpc) is 2.63. The maximum Gasteiger partial charge on any atom is 0.200 e. The van der Waals surface area contributed by atoms with Crippen molar-refractivity contribution in [1.82, 2.24) is 0 Å². The van der Waals surface area contributed by atoms with Crippen LogP contribution < -0.4 is 4.73 Å². The summed E-state index contributed by atoms with van der Waals surface area (Å²) in [5.41, 5.74) is 4.98. The van der Waals surface area contributed by atoms with Crippen LogP contribution in [-0.2, 0) is 17.3 Å². The van der Waals surface area contributed by atoms with Crippen LogP contribution in [-0.4, -0.2) is 14.9 Å². The molecule has 28 heavy (non-hydrogen) atoms. The molecule has 0 fully saturated rings. The summed E-state index contributed by atoms with van der Waals surface area (Å²) >= 11 is 0. The highest BCUT2D eigenvalue weighted by Crippen LogP contribution is 2.42. The highest BCUT2D eigenvalue weighted by atomic mass is 28.4. The Labute approximate surface area is 172 Å². The minimum atomic E-state index is -1.84. The molecule has 0 aliphatic rings. The normalized spacial score (nSPS) is 12.3. The molecule has 1 aromatic carbocycles. The van der Waals surface area contributed by atoms with E-state index in [1.54, 1.807) is 6.20 Å². The van der Waals surface area contributed by atoms with Gasteiger partial charge in [-0.25, -0.2) is 0 Å². The highest BCUT2D eigenvalue weighted by Gasteiger charge is 2.44. The lowest BCUT2D eigenvalue weighted by molar-refractivity contribution is -0.614. The highest BCUT2D eigenvalue weighted by molar-refractivity contribution is 6.77. The van der Waals surface area contributed by atoms with Gasteiger partial charge in [-0.1, -0.05) is 71.9 Å². The number of hydrogen-bond donors (Lipinski definition) is 0. The Hall–Kier alpha value is -1.65. The van der Waals surface area contributed by atoms with Gasteiger partial charge in [0, 0.05) is 31.1 Å². The zero-order chi connectivity index (χ0) is 20.7. The Morgan fingerprint density at radius 3 is 2.07 bits per heavy atom. The molecule has 0 spiro atoms. The zero-order valence-corrected chi connectivity index (χ0v) is 19.4. The second-order valence-electron chi connectivity index (χ2n) is 8.74. The van der Waals surface area contributed by atoms with E-state index in [0.717, 1.165) is 41.9 Å². The predicted octanol–water partition coefficient (Wildman–Crippen LogP) is 6.04. The van der Waals surface area contributed by atoms with Gasteiger partial charge < -0.3 is 9.63 Å². The second kappa shape index (κ2) is 10.2. The minimum Gasteiger partial charge on any atom is -0.618 e. The van der Waals surface area contributed by atoms with E-state index >= 15 is 0 Å². The first kappa shape index (κ1) is 22.6. The number of aromatic nitrogens is 1. The molecule has 0 saturated heterocycles. The molecular weight excluding hydrogens is 362 g/mol. The Morgan fingerprint density at radius 1 is 0.893 bits per heavy atom. The van der Waals surface area contributed by atoms with Gasteiger partial charge in [0.05, 0.1) is 0 Å². The van der Waals surface area contributed by atoms with Gasteiger partial charge in [-0.05, 0) is 34.7 Å². The monoisotopic (exact) mass is 399 g/mol. The van der Waals surface area contributed by atoms with Crippen LogP contribution in [0.5, 0.6) is 0 Å². The molecule has 0 unspecified atom stereocenters. The molecular formula is C24H37NO2Si. The summed E-state index contributed by atoms with van der Waals surface area (Å²) in [4.78, 5) is 0. The van der Waals surface area contributed by atoms with Crippen LogP contribution in [0.4, 0.5) is 0 Å². The van der Waals surface area contributed by atoms with E-state index < -0.39 is 8.32 Å². The molecule has 0 saturated carbocycles. The first-order valence-corrected chi connectivity index (χ1v) is 12.8. The molecule has 0 bridgehead atoms. The van der Waals surface area contributed by atoms with Crippen LogP contribution in [0.1, 0.15) is 64.8 Å². The quantitative estimate of drug-likeness (QED) is 0.211. The summed E-state index contributed by atoms with van der Waals surface area (Å²) in [7, 11) is -1.84. The van der Waals surface area contributed by atoms with Gasteiger partial charge in [-0.3, -0.25) is 0 Å². The number of nitrogens with zero attached hydrogens (tertiary/aromatic N) is 1. The summed E-state index contributed by atoms with van der Waals surface area (Å²) in [5, 5.41) is 12.4. The molecule has 0 atom stereocenters. The van der Waals surface area contributed by atoms with Crippen LogP contribution in [0, 0.1) is 5.21 Å². The molecule has 1 aromatic heterocycles. The lowest BCUT2D eigenvalue weighted by Crippen LogP contribution is -2.48. The smallest absolute Gasteiger partial charge is 0.200 e. The maximum atomic E-state index is 12.4. The first-order valence-electron chi connectivity index (χ1n) is 10.7. The van der Waals surface area contributed by atoms with E-state index in [0.29, 0.717) is 16.6 Å². The summed E-state index contributed by atoms with van der Waals surface area (Å²) in [6.45, 7) is 14.6. The van der Waals surface area contributed by atoms with Gasteiger partial charge in [0.1, 0.15) is 0 Å². The molecule has 0 amide bonds. The Morgan fingerprint density at radius 2 is 1.50 bits per heavy atom. The molecule has 3 nitrogen and oxygen atoms in total. The van der Waals surface area contributed by atoms with E-state index in [1.165, 1.54) is 5.56 Å². The largest absolute Gasteiger partial charge is 0.618 e. The molecule has 4 heteroatoms. The predicted molar refractivity (Wildman–Crippen MR) is 120 cm³/mol. The molecule has 0 aliphatic heterocycles. The number of hydrogen-bond acceptors (Lipinski definition) is 2. The minimum absolute atomic E-state index is 0.585. The summed E-state index contributed by atoms with van der Waals surface area (Å²) in [5.74, 6) is 0. The molecule has 2 aromatic rings. The molecule has 0 N–H and O–H groups in total. The fourth-order valence-electron chi connectivity index (χ4n) is 4.80. The van der Waals surface area contributed by atoms with Gasteiger partial charge in [0.2, 0.25) is 0 Å². The third kappa shape index (κ3) is 5.24. The maximum absolute atomic E-state index is 12.4. The molecule has 1 heterocycles. The van der Waals surface area contributed by atoms with Crippen LogP contribution in [0.2, 0.25) is 16.6 Å². The van der Waals surface area contributed by atoms with Gasteiger partial charge in [-0.2, -0.15) is 4.73 Å². The zero-order valence-electron chi connectivity index (χ0n) is 18.4. The van der Waals surface area contributed by atoms with Crippen LogP contribution in [0.3, 0.4) is 0 Å². The van der Waals surface area contributed by atoms with E-state index in [4.69, 9.17) is 4.43 Å². The van der Waals surface area contributed by atoms with Crippen molar-refractivity contribution < 1.29 is 9.16 Å². The van der Waals surface area contributed by atoms with Crippen LogP contribution in [0.25, 0.3) is 0 Å². The topological polar surface area (TPSA) is 36.2 Å². The average molecular weight is 400 g/mol. The Bertz CT molecular complexity index is 707. The summed E-state index contributed by atoms with van der Waals surface area (Å²) < 4.78 is 7.70. The standard InChI is InChI=1S/C24H37NO2Si/c1-19(2)28(20(3)4,21(5)6)27-17-11-15-24-23(14-10-16-25(24)26)18-22-12-8-7-9-13-22/h7-10,12-14,16,19-21H,11,15,17-18H2,1-6H3. The summed E-state index contributed by atoms with van der Waals surface area (Å²) in [6, 6.07) is 14.3. The number of rotatable bonds is 10. The van der Waals surface area contributed by atoms with E-state index in [9.17, 15) is 5.21 Å². The van der Waals surface area contributed by atoms with Gasteiger partial charge >= 0.3 is 0 Å². The third-order valence-electron chi connectivity index (χ3n) is 6.01. The fourth-order valence-corrected chi connectivity index (χ4v) is 10.3. The fraction of sp³-hybridized carbons (Fsp3) is 0.542. The van der Waals surface area contributed by atoms with Gasteiger partial charge in [0.25, 0.3) is 0 Å². The van der Waals surface area contributed by atoms with Crippen molar-refractivity contribution in [1.29, 1.82) is 0 Å². The van der Waals surface area contributed by atoms with Crippen molar-refractivity contribution in [2.24, 2.45) is 0 Å². The number of benzene rings is 1. The van der Waals surface area contributed by atoms with Crippen molar-refractivity contribution in [3.05, 3.63) is 70.7 Å². The second-order valence-corrected chi connectivity index (χ2v) is 14.2. The molecule has 0 radical (unpaired) electrons. The first-order chi connectivity index (χ1) is 13.3. The lowest BCUT2D eigenvalue weighted by Gasteiger charge is -2.42. The van der Waals surface area contributed by atoms with Gasteiger partial charge in [-0.15, -0.1) is 0 Å². The van der Waals surface area contributed by atoms with Gasteiger partial charge in [0.15, 0.2) is 20.2 Å². The molecule has 2 rings (SSSR count). The van der Waals surface area contributed by atoms with Crippen LogP contribution in [0.15, 0.2) is 48.7 Å².